The monoisotopic (exact) mass is 479 g/mol. The van der Waals surface area contributed by atoms with Crippen molar-refractivity contribution in [1.82, 2.24) is 40.1 Å². The van der Waals surface area contributed by atoms with Crippen LogP contribution >= 0.6 is 0 Å². The first-order valence-electron chi connectivity index (χ1n) is 11.4. The van der Waals surface area contributed by atoms with Gasteiger partial charge in [0.05, 0.1) is 12.1 Å². The van der Waals surface area contributed by atoms with E-state index in [0.717, 1.165) is 5.69 Å². The van der Waals surface area contributed by atoms with E-state index >= 15 is 0 Å². The number of tetrazole rings is 1. The minimum atomic E-state index is -0.668. The Bertz CT molecular complexity index is 1380. The third-order valence-electron chi connectivity index (χ3n) is 5.59. The highest BCUT2D eigenvalue weighted by molar-refractivity contribution is 5.94. The Labute approximate surface area is 201 Å². The first-order chi connectivity index (χ1) is 16.7. The van der Waals surface area contributed by atoms with Gasteiger partial charge in [-0.3, -0.25) is 4.79 Å². The third-order valence-corrected chi connectivity index (χ3v) is 5.59. The van der Waals surface area contributed by atoms with Crippen molar-refractivity contribution < 1.29 is 13.6 Å². The minimum Gasteiger partial charge on any atom is -0.422 e. The van der Waals surface area contributed by atoms with Crippen LogP contribution in [-0.2, 0) is 6.54 Å². The Kier molecular flexibility index (Phi) is 5.65. The number of halogens is 1. The Balaban J connectivity index is 1.25. The quantitative estimate of drug-likeness (QED) is 0.435. The largest absolute Gasteiger partial charge is 0.422 e. The van der Waals surface area contributed by atoms with Gasteiger partial charge in [0.1, 0.15) is 5.69 Å². The predicted octanol–water partition coefficient (Wildman–Crippen LogP) is 2.73. The second-order valence-electron chi connectivity index (χ2n) is 9.81. The summed E-state index contributed by atoms with van der Waals surface area (Å²) in [7, 11) is 0. The lowest BCUT2D eigenvalue weighted by molar-refractivity contribution is 0.0744. The number of oxazole rings is 1. The zero-order valence-electron chi connectivity index (χ0n) is 20.1. The summed E-state index contributed by atoms with van der Waals surface area (Å²) in [5, 5.41) is 12.1. The second-order valence-corrected chi connectivity index (χ2v) is 9.81. The molecule has 1 amide bonds. The van der Waals surface area contributed by atoms with Crippen LogP contribution in [0.4, 0.5) is 10.4 Å². The number of fused-ring (bicyclic) bond motifs is 1. The van der Waals surface area contributed by atoms with Crippen molar-refractivity contribution in [3.8, 4) is 11.5 Å². The van der Waals surface area contributed by atoms with Gasteiger partial charge in [0.15, 0.2) is 11.4 Å². The number of anilines is 1. The number of aromatic nitrogens is 7. The summed E-state index contributed by atoms with van der Waals surface area (Å²) in [4.78, 5) is 31.0. The molecule has 1 fully saturated rings. The molecule has 1 saturated heterocycles. The van der Waals surface area contributed by atoms with Crippen molar-refractivity contribution >= 4 is 23.2 Å². The summed E-state index contributed by atoms with van der Waals surface area (Å²) >= 11 is 0. The van der Waals surface area contributed by atoms with Crippen LogP contribution < -0.4 is 4.90 Å². The fourth-order valence-electron chi connectivity index (χ4n) is 3.87. The molecule has 182 valence electrons. The van der Waals surface area contributed by atoms with Crippen molar-refractivity contribution in [3.05, 3.63) is 41.5 Å². The third kappa shape index (κ3) is 4.81. The van der Waals surface area contributed by atoms with E-state index in [0.29, 0.717) is 50.0 Å². The zero-order valence-corrected chi connectivity index (χ0v) is 20.1. The standard InChI is InChI=1S/C23H26FN9O2/c1-14-5-6-17-19(26-14)27-22(35-17)32-9-7-31(8-10-32)21(34)15-11-16(24)18(25-12-15)20-28-30-33(29-20)13-23(2,3)4/h5-6,11-12H,7-10,13H2,1-4H3. The number of piperazine rings is 1. The number of carbonyl (C=O) groups is 1. The van der Waals surface area contributed by atoms with Gasteiger partial charge in [0, 0.05) is 38.1 Å². The molecular weight excluding hydrogens is 453 g/mol. The minimum absolute atomic E-state index is 0.0358. The number of aryl methyl sites for hydroxylation is 1. The molecule has 0 saturated carbocycles. The number of hydrogen-bond donors (Lipinski definition) is 0. The van der Waals surface area contributed by atoms with Gasteiger partial charge in [0.2, 0.25) is 11.5 Å². The van der Waals surface area contributed by atoms with Gasteiger partial charge >= 0.3 is 0 Å². The highest BCUT2D eigenvalue weighted by Crippen LogP contribution is 2.23. The fourth-order valence-corrected chi connectivity index (χ4v) is 3.87. The lowest BCUT2D eigenvalue weighted by atomic mass is 9.97. The number of amides is 1. The highest BCUT2D eigenvalue weighted by atomic mass is 19.1. The van der Waals surface area contributed by atoms with Gasteiger partial charge in [-0.25, -0.2) is 14.4 Å². The molecule has 4 aromatic heterocycles. The summed E-state index contributed by atoms with van der Waals surface area (Å²) < 4.78 is 20.7. The van der Waals surface area contributed by atoms with E-state index in [-0.39, 0.29) is 28.4 Å². The molecule has 0 atom stereocenters. The summed E-state index contributed by atoms with van der Waals surface area (Å²) in [5.74, 6) is -0.872. The Hall–Kier alpha value is -3.96. The van der Waals surface area contributed by atoms with E-state index in [2.05, 4.69) is 30.4 Å². The second kappa shape index (κ2) is 8.67. The van der Waals surface area contributed by atoms with E-state index < -0.39 is 5.82 Å². The molecule has 0 unspecified atom stereocenters. The van der Waals surface area contributed by atoms with Crippen LogP contribution in [0.2, 0.25) is 0 Å². The molecule has 0 aliphatic carbocycles. The molecule has 1 aliphatic heterocycles. The number of carbonyl (C=O) groups excluding carboxylic acids is 1. The van der Waals surface area contributed by atoms with E-state index in [1.807, 2.05) is 44.7 Å². The Morgan fingerprint density at radius 1 is 1.14 bits per heavy atom. The smallest absolute Gasteiger partial charge is 0.300 e. The van der Waals surface area contributed by atoms with Gasteiger partial charge in [-0.1, -0.05) is 20.8 Å². The average molecular weight is 480 g/mol. The van der Waals surface area contributed by atoms with Gasteiger partial charge in [-0.05, 0) is 35.8 Å². The normalized spacial score (nSPS) is 14.7. The predicted molar refractivity (Wildman–Crippen MR) is 125 cm³/mol. The molecule has 5 heterocycles. The van der Waals surface area contributed by atoms with E-state index in [4.69, 9.17) is 4.42 Å². The molecule has 0 spiro atoms. The number of hydrogen-bond acceptors (Lipinski definition) is 9. The van der Waals surface area contributed by atoms with Crippen molar-refractivity contribution in [2.45, 2.75) is 34.2 Å². The SMILES string of the molecule is Cc1ccc2oc(N3CCN(C(=O)c4cnc(-c5nnn(CC(C)(C)C)n5)c(F)c4)CC3)nc2n1. The molecule has 11 nitrogen and oxygen atoms in total. The van der Waals surface area contributed by atoms with Crippen LogP contribution in [0.1, 0.15) is 36.8 Å². The first kappa shape index (κ1) is 22.8. The van der Waals surface area contributed by atoms with Crippen molar-refractivity contribution in [1.29, 1.82) is 0 Å². The van der Waals surface area contributed by atoms with E-state index in [1.54, 1.807) is 4.90 Å². The average Bonchev–Trinajstić information content (AvgIpc) is 3.44. The maximum absolute atomic E-state index is 14.8. The molecule has 0 aromatic carbocycles. The molecule has 4 aromatic rings. The topological polar surface area (TPSA) is 119 Å². The van der Waals surface area contributed by atoms with Crippen LogP contribution in [-0.4, -0.2) is 72.1 Å². The maximum atomic E-state index is 14.8. The zero-order chi connectivity index (χ0) is 24.7. The van der Waals surface area contributed by atoms with E-state index in [9.17, 15) is 9.18 Å². The van der Waals surface area contributed by atoms with Gasteiger partial charge in [-0.2, -0.15) is 9.78 Å². The van der Waals surface area contributed by atoms with Gasteiger partial charge in [0.25, 0.3) is 11.9 Å². The lowest BCUT2D eigenvalue weighted by Gasteiger charge is -2.33. The molecule has 0 N–H and O–H groups in total. The summed E-state index contributed by atoms with van der Waals surface area (Å²) in [6, 6.07) is 5.38. The lowest BCUT2D eigenvalue weighted by Crippen LogP contribution is -2.49. The first-order valence-corrected chi connectivity index (χ1v) is 11.4. The van der Waals surface area contributed by atoms with Crippen LogP contribution in [0, 0.1) is 18.2 Å². The summed E-state index contributed by atoms with van der Waals surface area (Å²) in [6.07, 6.45) is 1.35. The summed E-state index contributed by atoms with van der Waals surface area (Å²) in [5.41, 5.74) is 2.13. The Morgan fingerprint density at radius 3 is 2.63 bits per heavy atom. The number of rotatable bonds is 4. The maximum Gasteiger partial charge on any atom is 0.300 e. The molecule has 0 radical (unpaired) electrons. The van der Waals surface area contributed by atoms with Gasteiger partial charge in [-0.15, -0.1) is 10.2 Å². The van der Waals surface area contributed by atoms with Crippen molar-refractivity contribution in [2.75, 3.05) is 31.1 Å². The van der Waals surface area contributed by atoms with Crippen LogP contribution in [0.15, 0.2) is 28.8 Å². The molecule has 1 aliphatic rings. The molecule has 12 heteroatoms. The van der Waals surface area contributed by atoms with Crippen molar-refractivity contribution in [2.24, 2.45) is 5.41 Å². The number of nitrogens with zero attached hydrogens (tertiary/aromatic N) is 9. The highest BCUT2D eigenvalue weighted by Gasteiger charge is 2.26. The fraction of sp³-hybridized carbons (Fsp3) is 0.435. The van der Waals surface area contributed by atoms with Gasteiger partial charge < -0.3 is 14.2 Å². The van der Waals surface area contributed by atoms with Crippen molar-refractivity contribution in [3.63, 3.8) is 0 Å². The number of pyridine rings is 2. The molecule has 5 rings (SSSR count). The summed E-state index contributed by atoms with van der Waals surface area (Å²) in [6.45, 7) is 10.5. The van der Waals surface area contributed by atoms with Crippen LogP contribution in [0.5, 0.6) is 0 Å². The molecule has 35 heavy (non-hydrogen) atoms. The van der Waals surface area contributed by atoms with Crippen LogP contribution in [0.25, 0.3) is 22.7 Å². The Morgan fingerprint density at radius 2 is 1.91 bits per heavy atom. The van der Waals surface area contributed by atoms with E-state index in [1.165, 1.54) is 17.1 Å². The van der Waals surface area contributed by atoms with Crippen LogP contribution in [0.3, 0.4) is 0 Å². The molecular formula is C23H26FN9O2. The molecule has 0 bridgehead atoms.